The molecule has 29 heavy (non-hydrogen) atoms. The van der Waals surface area contributed by atoms with E-state index in [0.717, 1.165) is 0 Å². The Bertz CT molecular complexity index is 989. The van der Waals surface area contributed by atoms with Gasteiger partial charge in [0.2, 0.25) is 10.0 Å². The van der Waals surface area contributed by atoms with Gasteiger partial charge in [-0.1, -0.05) is 20.8 Å². The Morgan fingerprint density at radius 2 is 1.62 bits per heavy atom. The highest BCUT2D eigenvalue weighted by Gasteiger charge is 2.26. The summed E-state index contributed by atoms with van der Waals surface area (Å²) in [6.45, 7) is 11.2. The molecule has 0 radical (unpaired) electrons. The summed E-state index contributed by atoms with van der Waals surface area (Å²) in [5.41, 5.74) is -0.313. The van der Waals surface area contributed by atoms with Crippen molar-refractivity contribution < 1.29 is 17.9 Å². The van der Waals surface area contributed by atoms with E-state index in [2.05, 4.69) is 20.0 Å². The van der Waals surface area contributed by atoms with Crippen molar-refractivity contribution in [1.29, 1.82) is 0 Å². The Morgan fingerprint density at radius 1 is 1.03 bits per heavy atom. The van der Waals surface area contributed by atoms with Crippen LogP contribution in [0.2, 0.25) is 0 Å². The molecule has 1 heterocycles. The minimum Gasteiger partial charge on any atom is -0.495 e. The number of nitrogens with zero attached hydrogens (tertiary/aromatic N) is 2. The number of rotatable bonds is 5. The highest BCUT2D eigenvalue weighted by atomic mass is 32.2. The van der Waals surface area contributed by atoms with Crippen molar-refractivity contribution >= 4 is 21.6 Å². The van der Waals surface area contributed by atoms with Gasteiger partial charge in [0, 0.05) is 16.5 Å². The van der Waals surface area contributed by atoms with E-state index in [0.29, 0.717) is 11.5 Å². The zero-order chi connectivity index (χ0) is 22.0. The lowest BCUT2D eigenvalue weighted by atomic mass is 9.96. The third-order valence-corrected chi connectivity index (χ3v) is 5.52. The van der Waals surface area contributed by atoms with Crippen LogP contribution in [0.1, 0.15) is 57.7 Å². The van der Waals surface area contributed by atoms with Crippen LogP contribution in [-0.2, 0) is 15.4 Å². The van der Waals surface area contributed by atoms with Crippen LogP contribution in [0.25, 0.3) is 0 Å². The Hall–Kier alpha value is -2.52. The molecule has 0 bridgehead atoms. The Kier molecular flexibility index (Phi) is 6.34. The highest BCUT2D eigenvalue weighted by molar-refractivity contribution is 7.89. The molecule has 0 fully saturated rings. The summed E-state index contributed by atoms with van der Waals surface area (Å²) in [5, 5.41) is 2.68. The summed E-state index contributed by atoms with van der Waals surface area (Å²) in [6, 6.07) is 4.23. The van der Waals surface area contributed by atoms with E-state index in [1.165, 1.54) is 37.7 Å². The minimum atomic E-state index is -3.89. The largest absolute Gasteiger partial charge is 0.495 e. The second-order valence-corrected chi connectivity index (χ2v) is 10.4. The van der Waals surface area contributed by atoms with Gasteiger partial charge in [0.05, 0.1) is 25.2 Å². The second kappa shape index (κ2) is 8.08. The van der Waals surface area contributed by atoms with Gasteiger partial charge in [0.1, 0.15) is 16.5 Å². The number of benzene rings is 1. The van der Waals surface area contributed by atoms with Gasteiger partial charge in [0.15, 0.2) is 0 Å². The molecule has 0 unspecified atom stereocenters. The third-order valence-electron chi connectivity index (χ3n) is 3.74. The molecule has 0 saturated carbocycles. The van der Waals surface area contributed by atoms with Crippen molar-refractivity contribution in [3.05, 3.63) is 42.0 Å². The number of aromatic nitrogens is 2. The predicted octanol–water partition coefficient (Wildman–Crippen LogP) is 3.11. The lowest BCUT2D eigenvalue weighted by Gasteiger charge is -2.21. The number of anilines is 1. The van der Waals surface area contributed by atoms with E-state index in [1.54, 1.807) is 20.8 Å². The zero-order valence-corrected chi connectivity index (χ0v) is 18.6. The maximum Gasteiger partial charge on any atom is 0.255 e. The van der Waals surface area contributed by atoms with Crippen molar-refractivity contribution in [2.24, 2.45) is 0 Å². The zero-order valence-electron chi connectivity index (χ0n) is 17.8. The quantitative estimate of drug-likeness (QED) is 0.769. The van der Waals surface area contributed by atoms with E-state index in [-0.39, 0.29) is 21.6 Å². The molecule has 8 nitrogen and oxygen atoms in total. The molecule has 0 saturated heterocycles. The molecule has 0 atom stereocenters. The van der Waals surface area contributed by atoms with E-state index in [4.69, 9.17) is 4.74 Å². The summed E-state index contributed by atoms with van der Waals surface area (Å²) in [5.74, 6) is 0.324. The van der Waals surface area contributed by atoms with Crippen molar-refractivity contribution in [1.82, 2.24) is 14.7 Å². The second-order valence-electron chi connectivity index (χ2n) is 8.72. The van der Waals surface area contributed by atoms with Crippen LogP contribution < -0.4 is 14.8 Å². The molecule has 0 aliphatic heterocycles. The van der Waals surface area contributed by atoms with Crippen LogP contribution in [0.15, 0.2) is 35.5 Å². The predicted molar refractivity (Wildman–Crippen MR) is 112 cm³/mol. The summed E-state index contributed by atoms with van der Waals surface area (Å²) in [4.78, 5) is 21.1. The monoisotopic (exact) mass is 420 g/mol. The first-order valence-corrected chi connectivity index (χ1v) is 10.6. The third kappa shape index (κ3) is 5.98. The summed E-state index contributed by atoms with van der Waals surface area (Å²) >= 11 is 0. The van der Waals surface area contributed by atoms with E-state index in [1.807, 2.05) is 20.8 Å². The molecule has 1 amide bonds. The fourth-order valence-corrected chi connectivity index (χ4v) is 4.08. The maximum absolute atomic E-state index is 12.7. The fraction of sp³-hybridized carbons (Fsp3) is 0.450. The van der Waals surface area contributed by atoms with Gasteiger partial charge >= 0.3 is 0 Å². The number of sulfonamides is 1. The standard InChI is InChI=1S/C20H28N4O4S/c1-19(2,3)18-21-11-14(12-22-18)23-17(25)13-8-9-15(28-7)16(10-13)29(26,27)24-20(4,5)6/h8-12,24H,1-7H3,(H,23,25). The maximum atomic E-state index is 12.7. The highest BCUT2D eigenvalue weighted by Crippen LogP contribution is 2.26. The first kappa shape index (κ1) is 22.8. The van der Waals surface area contributed by atoms with Crippen LogP contribution in [0, 0.1) is 0 Å². The Labute approximate surface area is 172 Å². The van der Waals surface area contributed by atoms with E-state index >= 15 is 0 Å². The number of hydrogen-bond acceptors (Lipinski definition) is 6. The number of carbonyl (C=O) groups is 1. The first-order valence-electron chi connectivity index (χ1n) is 9.09. The van der Waals surface area contributed by atoms with Crippen LogP contribution in [-0.4, -0.2) is 36.9 Å². The van der Waals surface area contributed by atoms with Gasteiger partial charge in [-0.05, 0) is 39.0 Å². The lowest BCUT2D eigenvalue weighted by molar-refractivity contribution is 0.102. The molecule has 158 valence electrons. The Morgan fingerprint density at radius 3 is 2.10 bits per heavy atom. The minimum absolute atomic E-state index is 0.109. The number of nitrogens with one attached hydrogen (secondary N) is 2. The molecular weight excluding hydrogens is 392 g/mol. The lowest BCUT2D eigenvalue weighted by Crippen LogP contribution is -2.40. The molecule has 1 aromatic carbocycles. The summed E-state index contributed by atoms with van der Waals surface area (Å²) < 4.78 is 33.2. The topological polar surface area (TPSA) is 110 Å². The van der Waals surface area contributed by atoms with Gasteiger partial charge in [-0.3, -0.25) is 4.79 Å². The average Bonchev–Trinajstić information content (AvgIpc) is 2.58. The van der Waals surface area contributed by atoms with Crippen LogP contribution in [0.4, 0.5) is 5.69 Å². The van der Waals surface area contributed by atoms with Crippen LogP contribution in [0.5, 0.6) is 5.75 Å². The van der Waals surface area contributed by atoms with E-state index in [9.17, 15) is 13.2 Å². The smallest absolute Gasteiger partial charge is 0.255 e. The number of methoxy groups -OCH3 is 1. The number of hydrogen-bond donors (Lipinski definition) is 2. The van der Waals surface area contributed by atoms with Gasteiger partial charge in [-0.25, -0.2) is 23.1 Å². The van der Waals surface area contributed by atoms with Crippen molar-refractivity contribution in [2.75, 3.05) is 12.4 Å². The van der Waals surface area contributed by atoms with Gasteiger partial charge in [0.25, 0.3) is 5.91 Å². The van der Waals surface area contributed by atoms with Crippen LogP contribution in [0.3, 0.4) is 0 Å². The molecule has 2 aromatic rings. The normalized spacial score (nSPS) is 12.5. The van der Waals surface area contributed by atoms with Gasteiger partial charge in [-0.2, -0.15) is 0 Å². The molecule has 0 aliphatic carbocycles. The van der Waals surface area contributed by atoms with Gasteiger partial charge in [-0.15, -0.1) is 0 Å². The first-order chi connectivity index (χ1) is 13.2. The fourth-order valence-electron chi connectivity index (χ4n) is 2.47. The summed E-state index contributed by atoms with van der Waals surface area (Å²) in [6.07, 6.45) is 3.04. The average molecular weight is 421 g/mol. The van der Waals surface area contributed by atoms with Crippen molar-refractivity contribution in [2.45, 2.75) is 57.4 Å². The number of carbonyl (C=O) groups excluding carboxylic acids is 1. The molecular formula is C20H28N4O4S. The van der Waals surface area contributed by atoms with Crippen LogP contribution >= 0.6 is 0 Å². The summed E-state index contributed by atoms with van der Waals surface area (Å²) in [7, 11) is -2.52. The molecule has 0 spiro atoms. The molecule has 9 heteroatoms. The SMILES string of the molecule is COc1ccc(C(=O)Nc2cnc(C(C)(C)C)nc2)cc1S(=O)(=O)NC(C)(C)C. The van der Waals surface area contributed by atoms with Gasteiger partial charge < -0.3 is 10.1 Å². The van der Waals surface area contributed by atoms with Crippen molar-refractivity contribution in [3.8, 4) is 5.75 Å². The molecule has 1 aromatic heterocycles. The molecule has 2 rings (SSSR count). The number of ether oxygens (including phenoxy) is 1. The van der Waals surface area contributed by atoms with E-state index < -0.39 is 21.5 Å². The molecule has 2 N–H and O–H groups in total. The Balaban J connectivity index is 2.32. The number of amides is 1. The molecule has 0 aliphatic rings. The van der Waals surface area contributed by atoms with Crippen molar-refractivity contribution in [3.63, 3.8) is 0 Å².